The Hall–Kier alpha value is -1.99. The van der Waals surface area contributed by atoms with Crippen LogP contribution < -0.4 is 0 Å². The maximum atomic E-state index is 10.6. The quantitative estimate of drug-likeness (QED) is 0.612. The molecule has 0 amide bonds. The van der Waals surface area contributed by atoms with E-state index in [0.29, 0.717) is 0 Å². The normalized spacial score (nSPS) is 16.8. The zero-order valence-corrected chi connectivity index (χ0v) is 12.1. The highest BCUT2D eigenvalue weighted by Gasteiger charge is 2.44. The number of hydrogen-bond donors (Lipinski definition) is 0. The lowest BCUT2D eigenvalue weighted by molar-refractivity contribution is 0.556. The molecule has 1 aliphatic rings. The number of pyridine rings is 1. The molecule has 1 aromatic heterocycles. The topological polar surface area (TPSA) is 42.3 Å². The van der Waals surface area contributed by atoms with Crippen molar-refractivity contribution in [3.8, 4) is 0 Å². The SMILES string of the molecule is CC(C)(C)c1cncc2cc(C3(N=C=O)CC3)ccc12. The van der Waals surface area contributed by atoms with Gasteiger partial charge in [0.2, 0.25) is 6.08 Å². The van der Waals surface area contributed by atoms with Gasteiger partial charge in [-0.3, -0.25) is 4.98 Å². The summed E-state index contributed by atoms with van der Waals surface area (Å²) in [5.41, 5.74) is 2.09. The van der Waals surface area contributed by atoms with E-state index in [0.717, 1.165) is 23.8 Å². The van der Waals surface area contributed by atoms with Crippen LogP contribution in [0.4, 0.5) is 0 Å². The van der Waals surface area contributed by atoms with Crippen LogP contribution in [0.25, 0.3) is 10.8 Å². The van der Waals surface area contributed by atoms with Crippen molar-refractivity contribution in [2.45, 2.75) is 44.6 Å². The number of carbonyl (C=O) groups excluding carboxylic acids is 1. The molecule has 102 valence electrons. The molecule has 0 radical (unpaired) electrons. The van der Waals surface area contributed by atoms with Gasteiger partial charge in [0.05, 0.1) is 5.54 Å². The molecule has 0 atom stereocenters. The maximum absolute atomic E-state index is 10.6. The van der Waals surface area contributed by atoms with Gasteiger partial charge in [-0.05, 0) is 40.8 Å². The Labute approximate surface area is 118 Å². The lowest BCUT2D eigenvalue weighted by Gasteiger charge is -2.21. The Balaban J connectivity index is 2.17. The van der Waals surface area contributed by atoms with Crippen LogP contribution in [-0.4, -0.2) is 11.1 Å². The zero-order chi connectivity index (χ0) is 14.4. The van der Waals surface area contributed by atoms with E-state index in [1.165, 1.54) is 10.9 Å². The number of nitrogens with zero attached hydrogens (tertiary/aromatic N) is 2. The van der Waals surface area contributed by atoms with Crippen molar-refractivity contribution >= 4 is 16.9 Å². The number of hydrogen-bond acceptors (Lipinski definition) is 3. The second-order valence-corrected chi connectivity index (χ2v) is 6.61. The second kappa shape index (κ2) is 4.26. The third-order valence-electron chi connectivity index (χ3n) is 4.09. The molecule has 1 heterocycles. The van der Waals surface area contributed by atoms with Crippen molar-refractivity contribution in [1.82, 2.24) is 4.98 Å². The summed E-state index contributed by atoms with van der Waals surface area (Å²) in [6.45, 7) is 6.57. The molecule has 1 fully saturated rings. The van der Waals surface area contributed by atoms with Gasteiger partial charge in [0, 0.05) is 17.8 Å². The van der Waals surface area contributed by atoms with Gasteiger partial charge in [-0.2, -0.15) is 4.99 Å². The predicted molar refractivity (Wildman–Crippen MR) is 79.5 cm³/mol. The molecule has 0 aliphatic heterocycles. The summed E-state index contributed by atoms with van der Waals surface area (Å²) in [4.78, 5) is 18.9. The van der Waals surface area contributed by atoms with Crippen molar-refractivity contribution in [3.05, 3.63) is 41.7 Å². The zero-order valence-electron chi connectivity index (χ0n) is 12.1. The second-order valence-electron chi connectivity index (χ2n) is 6.61. The number of aliphatic imine (C=N–C) groups is 1. The minimum Gasteiger partial charge on any atom is -0.264 e. The number of aromatic nitrogens is 1. The minimum atomic E-state index is -0.312. The van der Waals surface area contributed by atoms with E-state index in [1.807, 2.05) is 12.4 Å². The summed E-state index contributed by atoms with van der Waals surface area (Å²) >= 11 is 0. The van der Waals surface area contributed by atoms with Crippen LogP contribution in [0.15, 0.2) is 35.6 Å². The van der Waals surface area contributed by atoms with Crippen molar-refractivity contribution in [2.24, 2.45) is 4.99 Å². The predicted octanol–water partition coefficient (Wildman–Crippen LogP) is 3.86. The van der Waals surface area contributed by atoms with Gasteiger partial charge in [0.1, 0.15) is 0 Å². The van der Waals surface area contributed by atoms with E-state index in [9.17, 15) is 4.79 Å². The highest BCUT2D eigenvalue weighted by atomic mass is 16.1. The molecular formula is C17H18N2O. The molecule has 0 unspecified atom stereocenters. The van der Waals surface area contributed by atoms with Crippen molar-refractivity contribution in [2.75, 3.05) is 0 Å². The third kappa shape index (κ3) is 2.04. The van der Waals surface area contributed by atoms with Crippen molar-refractivity contribution in [3.63, 3.8) is 0 Å². The van der Waals surface area contributed by atoms with Gasteiger partial charge in [-0.25, -0.2) is 4.79 Å². The first-order valence-electron chi connectivity index (χ1n) is 6.94. The Morgan fingerprint density at radius 1 is 1.25 bits per heavy atom. The van der Waals surface area contributed by atoms with Crippen LogP contribution in [-0.2, 0) is 15.7 Å². The van der Waals surface area contributed by atoms with Crippen LogP contribution in [0.3, 0.4) is 0 Å². The van der Waals surface area contributed by atoms with Crippen LogP contribution in [0.5, 0.6) is 0 Å². The molecule has 1 aliphatic carbocycles. The molecule has 20 heavy (non-hydrogen) atoms. The molecule has 2 aromatic rings. The molecular weight excluding hydrogens is 248 g/mol. The fourth-order valence-corrected chi connectivity index (χ4v) is 2.73. The van der Waals surface area contributed by atoms with Gasteiger partial charge >= 0.3 is 0 Å². The Morgan fingerprint density at radius 3 is 2.60 bits per heavy atom. The average Bonchev–Trinajstić information content (AvgIpc) is 3.18. The number of isocyanates is 1. The molecule has 0 saturated heterocycles. The lowest BCUT2D eigenvalue weighted by atomic mass is 9.84. The van der Waals surface area contributed by atoms with Crippen LogP contribution in [0.1, 0.15) is 44.7 Å². The minimum absolute atomic E-state index is 0.0617. The Kier molecular flexibility index (Phi) is 2.77. The van der Waals surface area contributed by atoms with E-state index < -0.39 is 0 Å². The van der Waals surface area contributed by atoms with E-state index >= 15 is 0 Å². The summed E-state index contributed by atoms with van der Waals surface area (Å²) in [5.74, 6) is 0. The fraction of sp³-hybridized carbons (Fsp3) is 0.412. The van der Waals surface area contributed by atoms with E-state index in [-0.39, 0.29) is 11.0 Å². The summed E-state index contributed by atoms with van der Waals surface area (Å²) in [5, 5.41) is 2.34. The first kappa shape index (κ1) is 13.0. The van der Waals surface area contributed by atoms with Gasteiger partial charge in [-0.15, -0.1) is 0 Å². The summed E-state index contributed by atoms with van der Waals surface area (Å²) in [6, 6.07) is 6.34. The first-order valence-corrected chi connectivity index (χ1v) is 6.94. The van der Waals surface area contributed by atoms with Crippen LogP contribution in [0, 0.1) is 0 Å². The van der Waals surface area contributed by atoms with Gasteiger partial charge < -0.3 is 0 Å². The lowest BCUT2D eigenvalue weighted by Crippen LogP contribution is -2.12. The van der Waals surface area contributed by atoms with Crippen molar-refractivity contribution in [1.29, 1.82) is 0 Å². The number of rotatable bonds is 2. The largest absolute Gasteiger partial charge is 0.264 e. The molecule has 0 N–H and O–H groups in total. The van der Waals surface area contributed by atoms with Gasteiger partial charge in [-0.1, -0.05) is 32.9 Å². The number of benzene rings is 1. The first-order chi connectivity index (χ1) is 9.46. The van der Waals surface area contributed by atoms with E-state index in [4.69, 9.17) is 0 Å². The maximum Gasteiger partial charge on any atom is 0.235 e. The fourth-order valence-electron chi connectivity index (χ4n) is 2.73. The molecule has 3 heteroatoms. The Bertz CT molecular complexity index is 717. The molecule has 0 spiro atoms. The molecule has 0 bridgehead atoms. The monoisotopic (exact) mass is 266 g/mol. The summed E-state index contributed by atoms with van der Waals surface area (Å²) < 4.78 is 0. The van der Waals surface area contributed by atoms with E-state index in [1.54, 1.807) is 6.08 Å². The van der Waals surface area contributed by atoms with E-state index in [2.05, 4.69) is 48.9 Å². The molecule has 1 aromatic carbocycles. The van der Waals surface area contributed by atoms with Crippen LogP contribution >= 0.6 is 0 Å². The van der Waals surface area contributed by atoms with Crippen molar-refractivity contribution < 1.29 is 4.79 Å². The van der Waals surface area contributed by atoms with Gasteiger partial charge in [0.25, 0.3) is 0 Å². The summed E-state index contributed by atoms with van der Waals surface area (Å²) in [6.07, 6.45) is 7.40. The standard InChI is InChI=1S/C17H18N2O/c1-16(2,3)15-10-18-9-12-8-13(4-5-14(12)15)17(6-7-17)19-11-20/h4-5,8-10H,6-7H2,1-3H3. The number of fused-ring (bicyclic) bond motifs is 1. The molecule has 3 rings (SSSR count). The van der Waals surface area contributed by atoms with Gasteiger partial charge in [0.15, 0.2) is 0 Å². The highest BCUT2D eigenvalue weighted by Crippen LogP contribution is 2.49. The summed E-state index contributed by atoms with van der Waals surface area (Å²) in [7, 11) is 0. The van der Waals surface area contributed by atoms with Crippen LogP contribution in [0.2, 0.25) is 0 Å². The average molecular weight is 266 g/mol. The molecule has 1 saturated carbocycles. The Morgan fingerprint density at radius 2 is 2.00 bits per heavy atom. The molecule has 3 nitrogen and oxygen atoms in total. The third-order valence-corrected chi connectivity index (χ3v) is 4.09. The smallest absolute Gasteiger partial charge is 0.235 e. The highest BCUT2D eigenvalue weighted by molar-refractivity contribution is 5.86.